The fourth-order valence-electron chi connectivity index (χ4n) is 2.20. The average Bonchev–Trinajstić information content (AvgIpc) is 2.84. The molecule has 3 aromatic heterocycles. The summed E-state index contributed by atoms with van der Waals surface area (Å²) < 4.78 is 6.95. The van der Waals surface area contributed by atoms with Crippen molar-refractivity contribution in [2.75, 3.05) is 5.32 Å². The number of nitrogens with one attached hydrogen (secondary N) is 1. The second-order valence-corrected chi connectivity index (χ2v) is 3.99. The van der Waals surface area contributed by atoms with Gasteiger partial charge in [0, 0.05) is 7.05 Å². The predicted octanol–water partition coefficient (Wildman–Crippen LogP) is 1.38. The van der Waals surface area contributed by atoms with Gasteiger partial charge < -0.3 is 9.84 Å². The van der Waals surface area contributed by atoms with Crippen LogP contribution < -0.4 is 5.32 Å². The molecule has 0 radical (unpaired) electrons. The summed E-state index contributed by atoms with van der Waals surface area (Å²) in [6, 6.07) is 0. The van der Waals surface area contributed by atoms with Gasteiger partial charge in [-0.2, -0.15) is 5.10 Å². The van der Waals surface area contributed by atoms with Crippen LogP contribution in [0.2, 0.25) is 0 Å². The van der Waals surface area contributed by atoms with E-state index in [9.17, 15) is 0 Å². The molecule has 7 nitrogen and oxygen atoms in total. The topological polar surface area (TPSA) is 81.7 Å². The molecule has 4 heterocycles. The average molecular weight is 228 g/mol. The largest absolute Gasteiger partial charge is 0.337 e. The fraction of sp³-hybridized carbons (Fsp3) is 0.200. The van der Waals surface area contributed by atoms with Crippen molar-refractivity contribution in [1.82, 2.24) is 24.9 Å². The second kappa shape index (κ2) is 2.62. The summed E-state index contributed by atoms with van der Waals surface area (Å²) in [4.78, 5) is 8.42. The Morgan fingerprint density at radius 1 is 1.35 bits per heavy atom. The van der Waals surface area contributed by atoms with Gasteiger partial charge in [0.15, 0.2) is 5.65 Å². The van der Waals surface area contributed by atoms with Crippen LogP contribution in [0.5, 0.6) is 0 Å². The lowest BCUT2D eigenvalue weighted by Gasteiger charge is -2.10. The van der Waals surface area contributed by atoms with Crippen LogP contribution in [-0.2, 0) is 7.05 Å². The Hall–Kier alpha value is -2.44. The van der Waals surface area contributed by atoms with E-state index in [2.05, 4.69) is 25.5 Å². The van der Waals surface area contributed by atoms with Crippen molar-refractivity contribution in [1.29, 1.82) is 0 Å². The third-order valence-corrected chi connectivity index (χ3v) is 2.95. The molecule has 0 saturated carbocycles. The molecule has 0 spiro atoms. The Kier molecular flexibility index (Phi) is 1.34. The zero-order chi connectivity index (χ0) is 11.6. The highest BCUT2D eigenvalue weighted by atomic mass is 16.5. The van der Waals surface area contributed by atoms with Crippen molar-refractivity contribution in [3.05, 3.63) is 12.0 Å². The Bertz CT molecular complexity index is 756. The first-order chi connectivity index (χ1) is 8.25. The van der Waals surface area contributed by atoms with Crippen molar-refractivity contribution in [2.24, 2.45) is 7.05 Å². The van der Waals surface area contributed by atoms with Gasteiger partial charge in [-0.25, -0.2) is 14.6 Å². The molecule has 7 heteroatoms. The summed E-state index contributed by atoms with van der Waals surface area (Å²) in [5, 5.41) is 12.4. The van der Waals surface area contributed by atoms with Crippen molar-refractivity contribution < 1.29 is 4.52 Å². The summed E-state index contributed by atoms with van der Waals surface area (Å²) in [6.45, 7) is 1.89. The van der Waals surface area contributed by atoms with Crippen LogP contribution in [-0.4, -0.2) is 24.9 Å². The van der Waals surface area contributed by atoms with Gasteiger partial charge in [0.25, 0.3) is 0 Å². The molecule has 84 valence electrons. The van der Waals surface area contributed by atoms with Crippen molar-refractivity contribution in [3.63, 3.8) is 0 Å². The normalized spacial score (nSPS) is 12.6. The van der Waals surface area contributed by atoms with Crippen LogP contribution in [0.15, 0.2) is 10.9 Å². The minimum absolute atomic E-state index is 0.591. The Morgan fingerprint density at radius 2 is 2.24 bits per heavy atom. The van der Waals surface area contributed by atoms with E-state index in [1.807, 2.05) is 14.0 Å². The van der Waals surface area contributed by atoms with Gasteiger partial charge in [-0.1, -0.05) is 5.16 Å². The molecule has 0 saturated heterocycles. The summed E-state index contributed by atoms with van der Waals surface area (Å²) in [5.41, 5.74) is 3.31. The maximum Gasteiger partial charge on any atom is 0.240 e. The molecule has 1 N–H and O–H groups in total. The molecule has 1 aliphatic heterocycles. The van der Waals surface area contributed by atoms with E-state index in [0.717, 1.165) is 28.0 Å². The number of hydrogen-bond donors (Lipinski definition) is 1. The zero-order valence-corrected chi connectivity index (χ0v) is 9.22. The van der Waals surface area contributed by atoms with E-state index in [1.165, 1.54) is 6.33 Å². The molecule has 3 aromatic rings. The van der Waals surface area contributed by atoms with E-state index in [4.69, 9.17) is 4.52 Å². The van der Waals surface area contributed by atoms with Crippen LogP contribution in [0, 0.1) is 6.92 Å². The van der Waals surface area contributed by atoms with Gasteiger partial charge in [0.05, 0.1) is 16.6 Å². The summed E-state index contributed by atoms with van der Waals surface area (Å²) in [6.07, 6.45) is 1.50. The first-order valence-corrected chi connectivity index (χ1v) is 5.17. The lowest BCUT2D eigenvalue weighted by molar-refractivity contribution is 0.430. The third kappa shape index (κ3) is 0.913. The third-order valence-electron chi connectivity index (χ3n) is 2.95. The second-order valence-electron chi connectivity index (χ2n) is 3.99. The van der Waals surface area contributed by atoms with Crippen molar-refractivity contribution in [2.45, 2.75) is 6.92 Å². The quantitative estimate of drug-likeness (QED) is 0.489. The van der Waals surface area contributed by atoms with E-state index in [0.29, 0.717) is 11.7 Å². The van der Waals surface area contributed by atoms with Crippen LogP contribution in [0.4, 0.5) is 11.7 Å². The maximum absolute atomic E-state index is 5.21. The van der Waals surface area contributed by atoms with Gasteiger partial charge in [-0.15, -0.1) is 0 Å². The Labute approximate surface area is 95.5 Å². The molecule has 0 fully saturated rings. The number of aryl methyl sites for hydroxylation is 2. The predicted molar refractivity (Wildman–Crippen MR) is 59.8 cm³/mol. The molecule has 0 unspecified atom stereocenters. The minimum atomic E-state index is 0.591. The zero-order valence-electron chi connectivity index (χ0n) is 9.22. The van der Waals surface area contributed by atoms with Crippen LogP contribution in [0.25, 0.3) is 22.3 Å². The van der Waals surface area contributed by atoms with E-state index < -0.39 is 0 Å². The maximum atomic E-state index is 5.21. The molecule has 1 aliphatic rings. The van der Waals surface area contributed by atoms with Crippen molar-refractivity contribution >= 4 is 22.7 Å². The van der Waals surface area contributed by atoms with Crippen LogP contribution >= 0.6 is 0 Å². The molecule has 0 bridgehead atoms. The van der Waals surface area contributed by atoms with E-state index in [-0.39, 0.29) is 0 Å². The van der Waals surface area contributed by atoms with Gasteiger partial charge in [0.1, 0.15) is 17.8 Å². The first kappa shape index (κ1) is 8.68. The monoisotopic (exact) mass is 228 g/mol. The number of anilines is 2. The molecule has 0 amide bonds. The molecule has 0 atom stereocenters. The number of fused-ring (bicyclic) bond motifs is 2. The lowest BCUT2D eigenvalue weighted by Crippen LogP contribution is -2.00. The van der Waals surface area contributed by atoms with E-state index in [1.54, 1.807) is 4.68 Å². The Morgan fingerprint density at radius 3 is 3.12 bits per heavy atom. The first-order valence-electron chi connectivity index (χ1n) is 5.17. The highest BCUT2D eigenvalue weighted by Gasteiger charge is 2.28. The summed E-state index contributed by atoms with van der Waals surface area (Å²) in [7, 11) is 1.86. The summed E-state index contributed by atoms with van der Waals surface area (Å²) in [5.74, 6) is 1.30. The van der Waals surface area contributed by atoms with Crippen LogP contribution in [0.1, 0.15) is 5.69 Å². The molecular formula is C10H8N6O. The molecule has 4 rings (SSSR count). The fourth-order valence-corrected chi connectivity index (χ4v) is 2.20. The summed E-state index contributed by atoms with van der Waals surface area (Å²) >= 11 is 0. The molecule has 17 heavy (non-hydrogen) atoms. The highest BCUT2D eigenvalue weighted by Crippen LogP contribution is 2.42. The Balaban J connectivity index is 2.24. The van der Waals surface area contributed by atoms with Gasteiger partial charge in [-0.05, 0) is 6.92 Å². The van der Waals surface area contributed by atoms with Gasteiger partial charge in [-0.3, -0.25) is 0 Å². The number of nitrogens with zero attached hydrogens (tertiary/aromatic N) is 5. The standard InChI is InChI=1S/C10H8N6O/c1-4-5-7-6-8(13-10(5)17-15-4)11-3-12-9(6)16(2)14-7/h3H,1-2H3,(H,11,12,13). The highest BCUT2D eigenvalue weighted by molar-refractivity contribution is 6.05. The number of hydrogen-bond acceptors (Lipinski definition) is 6. The lowest BCUT2D eigenvalue weighted by atomic mass is 10.1. The van der Waals surface area contributed by atoms with Gasteiger partial charge in [0.2, 0.25) is 5.88 Å². The van der Waals surface area contributed by atoms with E-state index >= 15 is 0 Å². The minimum Gasteiger partial charge on any atom is -0.337 e. The number of aromatic nitrogens is 5. The number of rotatable bonds is 0. The van der Waals surface area contributed by atoms with Crippen LogP contribution in [0.3, 0.4) is 0 Å². The van der Waals surface area contributed by atoms with Crippen molar-refractivity contribution in [3.8, 4) is 11.3 Å². The molecule has 0 aliphatic carbocycles. The van der Waals surface area contributed by atoms with Gasteiger partial charge >= 0.3 is 0 Å². The molecule has 0 aromatic carbocycles. The smallest absolute Gasteiger partial charge is 0.240 e. The SMILES string of the molecule is Cc1noc2c1-c1nn(C)c3ncnc(c13)N2. The molecular weight excluding hydrogens is 220 g/mol.